The standard InChI is InChI=1S/C9H10ClN3O4S2/c10-8-6(3-14)18-9(12-8)13-2-5(1-7(13)15)4-19(11,16)17/h3,5H,1-2,4H2,(H2,11,16,17). The highest BCUT2D eigenvalue weighted by molar-refractivity contribution is 7.89. The van der Waals surface area contributed by atoms with Crippen molar-refractivity contribution in [2.24, 2.45) is 11.1 Å². The fourth-order valence-electron chi connectivity index (χ4n) is 1.90. The summed E-state index contributed by atoms with van der Waals surface area (Å²) >= 11 is 6.72. The minimum Gasteiger partial charge on any atom is -0.297 e. The van der Waals surface area contributed by atoms with Crippen molar-refractivity contribution in [2.45, 2.75) is 6.42 Å². The first-order chi connectivity index (χ1) is 8.80. The molecule has 19 heavy (non-hydrogen) atoms. The number of aromatic nitrogens is 1. The number of nitrogens with two attached hydrogens (primary N) is 1. The van der Waals surface area contributed by atoms with E-state index in [4.69, 9.17) is 16.7 Å². The van der Waals surface area contributed by atoms with E-state index in [0.29, 0.717) is 11.4 Å². The van der Waals surface area contributed by atoms with Crippen molar-refractivity contribution < 1.29 is 18.0 Å². The number of halogens is 1. The zero-order valence-electron chi connectivity index (χ0n) is 9.58. The van der Waals surface area contributed by atoms with Crippen LogP contribution in [0, 0.1) is 5.92 Å². The molecule has 2 N–H and O–H groups in total. The first-order valence-corrected chi connectivity index (χ1v) is 8.13. The number of thiazole rings is 1. The van der Waals surface area contributed by atoms with E-state index >= 15 is 0 Å². The van der Waals surface area contributed by atoms with E-state index in [1.165, 1.54) is 4.90 Å². The second-order valence-corrected chi connectivity index (χ2v) is 7.20. The van der Waals surface area contributed by atoms with E-state index in [2.05, 4.69) is 4.98 Å². The van der Waals surface area contributed by atoms with E-state index < -0.39 is 10.0 Å². The lowest BCUT2D eigenvalue weighted by Gasteiger charge is -2.12. The van der Waals surface area contributed by atoms with Crippen LogP contribution in [0.4, 0.5) is 5.13 Å². The Bertz CT molecular complexity index is 627. The van der Waals surface area contributed by atoms with E-state index in [0.717, 1.165) is 11.3 Å². The summed E-state index contributed by atoms with van der Waals surface area (Å²) < 4.78 is 22.0. The monoisotopic (exact) mass is 323 g/mol. The maximum atomic E-state index is 11.8. The number of hydrogen-bond acceptors (Lipinski definition) is 6. The molecular formula is C9H10ClN3O4S2. The number of amides is 1. The summed E-state index contributed by atoms with van der Waals surface area (Å²) in [6.45, 7) is 0.206. The number of aldehydes is 1. The molecule has 1 aliphatic rings. The van der Waals surface area contributed by atoms with Gasteiger partial charge in [-0.25, -0.2) is 18.5 Å². The van der Waals surface area contributed by atoms with Gasteiger partial charge in [-0.2, -0.15) is 0 Å². The number of anilines is 1. The number of hydrogen-bond donors (Lipinski definition) is 1. The zero-order chi connectivity index (χ0) is 14.2. The Hall–Kier alpha value is -1.03. The van der Waals surface area contributed by atoms with Gasteiger partial charge in [0.25, 0.3) is 0 Å². The van der Waals surface area contributed by atoms with E-state index in [-0.39, 0.29) is 40.6 Å². The summed E-state index contributed by atoms with van der Waals surface area (Å²) in [6.07, 6.45) is 0.649. The van der Waals surface area contributed by atoms with Crippen molar-refractivity contribution in [1.82, 2.24) is 4.98 Å². The van der Waals surface area contributed by atoms with Gasteiger partial charge in [0.2, 0.25) is 15.9 Å². The van der Waals surface area contributed by atoms with Crippen molar-refractivity contribution in [1.29, 1.82) is 0 Å². The maximum absolute atomic E-state index is 11.8. The molecule has 2 rings (SSSR count). The third-order valence-electron chi connectivity index (χ3n) is 2.61. The van der Waals surface area contributed by atoms with Crippen LogP contribution in [-0.2, 0) is 14.8 Å². The molecule has 0 bridgehead atoms. The Kier molecular flexibility index (Phi) is 3.90. The Labute approximate surface area is 118 Å². The molecule has 1 unspecified atom stereocenters. The Balaban J connectivity index is 2.17. The highest BCUT2D eigenvalue weighted by Crippen LogP contribution is 2.32. The molecule has 0 aromatic carbocycles. The highest BCUT2D eigenvalue weighted by Gasteiger charge is 2.34. The molecule has 1 amide bonds. The average Bonchev–Trinajstić information content (AvgIpc) is 2.79. The first-order valence-electron chi connectivity index (χ1n) is 5.22. The van der Waals surface area contributed by atoms with Gasteiger partial charge in [-0.05, 0) is 0 Å². The third-order valence-corrected chi connectivity index (χ3v) is 4.95. The predicted octanol–water partition coefficient (Wildman–Crippen LogP) is 0.250. The molecule has 10 heteroatoms. The summed E-state index contributed by atoms with van der Waals surface area (Å²) in [5, 5.41) is 5.30. The van der Waals surface area contributed by atoms with Crippen LogP contribution in [0.2, 0.25) is 5.15 Å². The molecule has 1 saturated heterocycles. The summed E-state index contributed by atoms with van der Waals surface area (Å²) in [6, 6.07) is 0. The average molecular weight is 324 g/mol. The fourth-order valence-corrected chi connectivity index (χ4v) is 3.87. The number of primary sulfonamides is 1. The largest absolute Gasteiger partial charge is 0.297 e. The van der Waals surface area contributed by atoms with Crippen molar-refractivity contribution in [3.8, 4) is 0 Å². The molecule has 0 saturated carbocycles. The van der Waals surface area contributed by atoms with E-state index in [1.54, 1.807) is 0 Å². The van der Waals surface area contributed by atoms with Gasteiger partial charge in [0, 0.05) is 18.9 Å². The van der Waals surface area contributed by atoms with Crippen LogP contribution in [0.25, 0.3) is 0 Å². The molecule has 0 spiro atoms. The molecule has 1 fully saturated rings. The number of carbonyl (C=O) groups is 2. The van der Waals surface area contributed by atoms with Gasteiger partial charge in [-0.15, -0.1) is 0 Å². The van der Waals surface area contributed by atoms with Gasteiger partial charge in [-0.1, -0.05) is 22.9 Å². The maximum Gasteiger partial charge on any atom is 0.229 e. The highest BCUT2D eigenvalue weighted by atomic mass is 35.5. The molecular weight excluding hydrogens is 314 g/mol. The second kappa shape index (κ2) is 5.16. The second-order valence-electron chi connectivity index (χ2n) is 4.17. The fraction of sp³-hybridized carbons (Fsp3) is 0.444. The number of carbonyl (C=O) groups excluding carboxylic acids is 2. The molecule has 2 heterocycles. The number of nitrogens with zero attached hydrogens (tertiary/aromatic N) is 2. The lowest BCUT2D eigenvalue weighted by Crippen LogP contribution is -2.27. The van der Waals surface area contributed by atoms with Crippen LogP contribution in [-0.4, -0.2) is 37.9 Å². The molecule has 0 aliphatic carbocycles. The Morgan fingerprint density at radius 1 is 1.58 bits per heavy atom. The lowest BCUT2D eigenvalue weighted by molar-refractivity contribution is -0.117. The normalized spacial score (nSPS) is 20.0. The molecule has 1 aliphatic heterocycles. The van der Waals surface area contributed by atoms with Crippen LogP contribution in [0.3, 0.4) is 0 Å². The van der Waals surface area contributed by atoms with Gasteiger partial charge in [-0.3, -0.25) is 14.5 Å². The summed E-state index contributed by atoms with van der Waals surface area (Å²) in [7, 11) is -3.62. The number of sulfonamides is 1. The summed E-state index contributed by atoms with van der Waals surface area (Å²) in [5.41, 5.74) is 0. The van der Waals surface area contributed by atoms with Gasteiger partial charge in [0.15, 0.2) is 16.6 Å². The van der Waals surface area contributed by atoms with Crippen LogP contribution in [0.5, 0.6) is 0 Å². The van der Waals surface area contributed by atoms with Crippen molar-refractivity contribution in [3.63, 3.8) is 0 Å². The minimum absolute atomic E-state index is 0.0395. The molecule has 0 radical (unpaired) electrons. The molecule has 104 valence electrons. The third kappa shape index (κ3) is 3.30. The minimum atomic E-state index is -3.62. The lowest BCUT2D eigenvalue weighted by atomic mass is 10.1. The van der Waals surface area contributed by atoms with Crippen molar-refractivity contribution >= 4 is 50.3 Å². The first kappa shape index (κ1) is 14.4. The zero-order valence-corrected chi connectivity index (χ0v) is 12.0. The van der Waals surface area contributed by atoms with Crippen LogP contribution >= 0.6 is 22.9 Å². The van der Waals surface area contributed by atoms with Crippen LogP contribution in [0.15, 0.2) is 0 Å². The smallest absolute Gasteiger partial charge is 0.229 e. The molecule has 1 aromatic heterocycles. The molecule has 1 aromatic rings. The van der Waals surface area contributed by atoms with Crippen molar-refractivity contribution in [2.75, 3.05) is 17.2 Å². The van der Waals surface area contributed by atoms with Gasteiger partial charge < -0.3 is 0 Å². The quantitative estimate of drug-likeness (QED) is 0.798. The summed E-state index contributed by atoms with van der Waals surface area (Å²) in [4.78, 5) is 28.0. The molecule has 1 atom stereocenters. The van der Waals surface area contributed by atoms with Crippen molar-refractivity contribution in [3.05, 3.63) is 10.0 Å². The Morgan fingerprint density at radius 2 is 2.26 bits per heavy atom. The topological polar surface area (TPSA) is 110 Å². The molecule has 7 nitrogen and oxygen atoms in total. The Morgan fingerprint density at radius 3 is 2.79 bits per heavy atom. The number of rotatable bonds is 4. The predicted molar refractivity (Wildman–Crippen MR) is 70.9 cm³/mol. The van der Waals surface area contributed by atoms with Gasteiger partial charge in [0.1, 0.15) is 4.88 Å². The SMILES string of the molecule is NS(=O)(=O)CC1CC(=O)N(c2nc(Cl)c(C=O)s2)C1. The van der Waals surface area contributed by atoms with Crippen LogP contribution in [0.1, 0.15) is 16.1 Å². The van der Waals surface area contributed by atoms with Crippen LogP contribution < -0.4 is 10.0 Å². The van der Waals surface area contributed by atoms with Gasteiger partial charge in [0.05, 0.1) is 5.75 Å². The van der Waals surface area contributed by atoms with E-state index in [1.807, 2.05) is 0 Å². The summed E-state index contributed by atoms with van der Waals surface area (Å²) in [5.74, 6) is -0.879. The van der Waals surface area contributed by atoms with Gasteiger partial charge >= 0.3 is 0 Å². The van der Waals surface area contributed by atoms with E-state index in [9.17, 15) is 18.0 Å².